The first-order valence-electron chi connectivity index (χ1n) is 8.59. The van der Waals surface area contributed by atoms with Crippen LogP contribution in [0.4, 0.5) is 5.82 Å². The number of aryl methyl sites for hydroxylation is 1. The smallest absolute Gasteiger partial charge is 0.199 e. The van der Waals surface area contributed by atoms with Gasteiger partial charge in [-0.25, -0.2) is 0 Å². The minimum absolute atomic E-state index is 0.164. The second-order valence-electron chi connectivity index (χ2n) is 6.38. The Labute approximate surface area is 156 Å². The molecular weight excluding hydrogens is 336 g/mol. The highest BCUT2D eigenvalue weighted by Crippen LogP contribution is 2.29. The van der Waals surface area contributed by atoms with Gasteiger partial charge in [-0.1, -0.05) is 54.1 Å². The van der Waals surface area contributed by atoms with Crippen LogP contribution < -0.4 is 5.73 Å². The lowest BCUT2D eigenvalue weighted by atomic mass is 9.96. The highest BCUT2D eigenvalue weighted by Gasteiger charge is 2.21. The number of hydrogen-bond donors (Lipinski definition) is 2. The molecular formula is C22H18N4O. The number of anilines is 1. The van der Waals surface area contributed by atoms with E-state index in [1.807, 2.05) is 61.5 Å². The van der Waals surface area contributed by atoms with Gasteiger partial charge in [0.1, 0.15) is 11.5 Å². The maximum Gasteiger partial charge on any atom is 0.199 e. The fourth-order valence-electron chi connectivity index (χ4n) is 3.02. The fraction of sp³-hybridized carbons (Fsp3) is 0.0455. The topological polar surface area (TPSA) is 84.7 Å². The van der Waals surface area contributed by atoms with E-state index in [-0.39, 0.29) is 11.6 Å². The summed E-state index contributed by atoms with van der Waals surface area (Å²) in [5, 5.41) is 7.01. The van der Waals surface area contributed by atoms with Crippen LogP contribution in [0.5, 0.6) is 0 Å². The van der Waals surface area contributed by atoms with Crippen LogP contribution in [-0.4, -0.2) is 21.0 Å². The van der Waals surface area contributed by atoms with E-state index in [1.54, 1.807) is 18.5 Å². The average molecular weight is 354 g/mol. The zero-order chi connectivity index (χ0) is 18.8. The minimum atomic E-state index is -0.164. The fourth-order valence-corrected chi connectivity index (χ4v) is 3.02. The molecule has 4 aromatic rings. The highest BCUT2D eigenvalue weighted by atomic mass is 16.1. The molecule has 27 heavy (non-hydrogen) atoms. The Morgan fingerprint density at radius 3 is 2.48 bits per heavy atom. The van der Waals surface area contributed by atoms with Crippen LogP contribution in [0.15, 0.2) is 73.1 Å². The van der Waals surface area contributed by atoms with Gasteiger partial charge < -0.3 is 5.73 Å². The standard InChI is InChI=1S/C22H18N4O/c1-14-7-9-15(10-8-14)20-19(22(23)26-25-20)21(27)17-5-2-4-16(12-17)18-6-3-11-24-13-18/h2-13H,1H3,(H3,23,25,26). The van der Waals surface area contributed by atoms with Gasteiger partial charge >= 0.3 is 0 Å². The molecule has 3 N–H and O–H groups in total. The van der Waals surface area contributed by atoms with Crippen molar-refractivity contribution in [3.05, 3.63) is 89.7 Å². The Kier molecular flexibility index (Phi) is 4.26. The van der Waals surface area contributed by atoms with Gasteiger partial charge in [0.25, 0.3) is 0 Å². The van der Waals surface area contributed by atoms with Crippen molar-refractivity contribution in [1.82, 2.24) is 15.2 Å². The van der Waals surface area contributed by atoms with E-state index in [4.69, 9.17) is 5.73 Å². The molecule has 0 aliphatic heterocycles. The number of nitrogen functional groups attached to an aromatic ring is 1. The molecule has 2 aromatic carbocycles. The van der Waals surface area contributed by atoms with Gasteiger partial charge in [-0.3, -0.25) is 14.9 Å². The molecule has 0 radical (unpaired) electrons. The molecule has 0 aliphatic carbocycles. The maximum atomic E-state index is 13.2. The van der Waals surface area contributed by atoms with Gasteiger partial charge in [0, 0.05) is 29.1 Å². The predicted octanol–water partition coefficient (Wildman–Crippen LogP) is 4.26. The Balaban J connectivity index is 1.76. The summed E-state index contributed by atoms with van der Waals surface area (Å²) in [6, 6.07) is 19.1. The first-order valence-corrected chi connectivity index (χ1v) is 8.59. The second-order valence-corrected chi connectivity index (χ2v) is 6.38. The van der Waals surface area contributed by atoms with Crippen LogP contribution in [-0.2, 0) is 0 Å². The number of aromatic nitrogens is 3. The molecule has 5 heteroatoms. The molecule has 0 amide bonds. The number of aromatic amines is 1. The Hall–Kier alpha value is -3.73. The van der Waals surface area contributed by atoms with Crippen molar-refractivity contribution in [2.75, 3.05) is 5.73 Å². The summed E-state index contributed by atoms with van der Waals surface area (Å²) >= 11 is 0. The van der Waals surface area contributed by atoms with Crippen molar-refractivity contribution < 1.29 is 4.79 Å². The van der Waals surface area contributed by atoms with E-state index in [0.717, 1.165) is 22.3 Å². The third-order valence-corrected chi connectivity index (χ3v) is 4.47. The third kappa shape index (κ3) is 3.22. The van der Waals surface area contributed by atoms with E-state index >= 15 is 0 Å². The van der Waals surface area contributed by atoms with Gasteiger partial charge in [0.05, 0.1) is 5.56 Å². The van der Waals surface area contributed by atoms with Crippen LogP contribution in [0.1, 0.15) is 21.5 Å². The number of carbonyl (C=O) groups excluding carboxylic acids is 1. The molecule has 0 saturated carbocycles. The summed E-state index contributed by atoms with van der Waals surface area (Å²) in [5.74, 6) is 0.102. The van der Waals surface area contributed by atoms with Gasteiger partial charge in [-0.15, -0.1) is 0 Å². The Bertz CT molecular complexity index is 1100. The summed E-state index contributed by atoms with van der Waals surface area (Å²) in [7, 11) is 0. The lowest BCUT2D eigenvalue weighted by molar-refractivity contribution is 0.104. The van der Waals surface area contributed by atoms with E-state index in [9.17, 15) is 4.79 Å². The quantitative estimate of drug-likeness (QED) is 0.536. The molecule has 2 aromatic heterocycles. The van der Waals surface area contributed by atoms with E-state index in [1.165, 1.54) is 0 Å². The number of ketones is 1. The van der Waals surface area contributed by atoms with Gasteiger partial charge in [0.2, 0.25) is 0 Å². The van der Waals surface area contributed by atoms with E-state index in [0.29, 0.717) is 16.8 Å². The van der Waals surface area contributed by atoms with E-state index < -0.39 is 0 Å². The van der Waals surface area contributed by atoms with E-state index in [2.05, 4.69) is 15.2 Å². The highest BCUT2D eigenvalue weighted by molar-refractivity contribution is 6.15. The summed E-state index contributed by atoms with van der Waals surface area (Å²) in [6.07, 6.45) is 3.49. The van der Waals surface area contributed by atoms with Crippen molar-refractivity contribution in [3.63, 3.8) is 0 Å². The van der Waals surface area contributed by atoms with Crippen LogP contribution in [0.3, 0.4) is 0 Å². The second kappa shape index (κ2) is 6.88. The number of H-pyrrole nitrogens is 1. The van der Waals surface area contributed by atoms with Crippen molar-refractivity contribution in [3.8, 4) is 22.4 Å². The number of hydrogen-bond acceptors (Lipinski definition) is 4. The third-order valence-electron chi connectivity index (χ3n) is 4.47. The number of rotatable bonds is 4. The summed E-state index contributed by atoms with van der Waals surface area (Å²) in [5.41, 5.74) is 11.4. The average Bonchev–Trinajstić information content (AvgIpc) is 3.10. The van der Waals surface area contributed by atoms with Crippen LogP contribution >= 0.6 is 0 Å². The predicted molar refractivity (Wildman–Crippen MR) is 106 cm³/mol. The molecule has 0 saturated heterocycles. The zero-order valence-electron chi connectivity index (χ0n) is 14.8. The molecule has 0 spiro atoms. The van der Waals surface area contributed by atoms with Crippen LogP contribution in [0.25, 0.3) is 22.4 Å². The van der Waals surface area contributed by atoms with Crippen molar-refractivity contribution in [1.29, 1.82) is 0 Å². The molecule has 0 unspecified atom stereocenters. The molecule has 0 aliphatic rings. The minimum Gasteiger partial charge on any atom is -0.383 e. The molecule has 132 valence electrons. The van der Waals surface area contributed by atoms with Gasteiger partial charge in [-0.05, 0) is 24.6 Å². The molecule has 4 rings (SSSR count). The number of nitrogens with zero attached hydrogens (tertiary/aromatic N) is 2. The number of benzene rings is 2. The van der Waals surface area contributed by atoms with Crippen LogP contribution in [0, 0.1) is 6.92 Å². The van der Waals surface area contributed by atoms with Gasteiger partial charge in [0.15, 0.2) is 5.78 Å². The van der Waals surface area contributed by atoms with Gasteiger partial charge in [-0.2, -0.15) is 5.10 Å². The van der Waals surface area contributed by atoms with Crippen LogP contribution in [0.2, 0.25) is 0 Å². The number of nitrogens with one attached hydrogen (secondary N) is 1. The molecule has 0 atom stereocenters. The number of nitrogens with two attached hydrogens (primary N) is 1. The summed E-state index contributed by atoms with van der Waals surface area (Å²) < 4.78 is 0. The first kappa shape index (κ1) is 16.7. The Morgan fingerprint density at radius 2 is 1.74 bits per heavy atom. The molecule has 2 heterocycles. The zero-order valence-corrected chi connectivity index (χ0v) is 14.8. The maximum absolute atomic E-state index is 13.2. The summed E-state index contributed by atoms with van der Waals surface area (Å²) in [6.45, 7) is 2.01. The monoisotopic (exact) mass is 354 g/mol. The molecule has 0 bridgehead atoms. The number of carbonyl (C=O) groups is 1. The summed E-state index contributed by atoms with van der Waals surface area (Å²) in [4.78, 5) is 17.4. The molecule has 0 fully saturated rings. The van der Waals surface area contributed by atoms with Crippen molar-refractivity contribution in [2.24, 2.45) is 0 Å². The lowest BCUT2D eigenvalue weighted by Gasteiger charge is -2.07. The molecule has 5 nitrogen and oxygen atoms in total. The first-order chi connectivity index (χ1) is 13.1. The Morgan fingerprint density at radius 1 is 0.963 bits per heavy atom. The van der Waals surface area contributed by atoms with Crippen molar-refractivity contribution >= 4 is 11.6 Å². The lowest BCUT2D eigenvalue weighted by Crippen LogP contribution is -2.05. The largest absolute Gasteiger partial charge is 0.383 e. The number of pyridine rings is 1. The van der Waals surface area contributed by atoms with Crippen molar-refractivity contribution in [2.45, 2.75) is 6.92 Å². The SMILES string of the molecule is Cc1ccc(-c2n[nH]c(N)c2C(=O)c2cccc(-c3cccnc3)c2)cc1. The normalized spacial score (nSPS) is 10.7.